The molecule has 0 aliphatic rings. The molecule has 0 aromatic carbocycles. The molecule has 5 heteroatoms. The van der Waals surface area contributed by atoms with E-state index in [0.29, 0.717) is 5.02 Å². The van der Waals surface area contributed by atoms with Crippen LogP contribution in [0.3, 0.4) is 0 Å². The maximum Gasteiger partial charge on any atom is 0.173 e. The molecule has 0 N–H and O–H groups in total. The van der Waals surface area contributed by atoms with Crippen LogP contribution in [0.15, 0.2) is 39.9 Å². The number of furan rings is 1. The third-order valence-electron chi connectivity index (χ3n) is 2.24. The van der Waals surface area contributed by atoms with Crippen molar-refractivity contribution in [2.24, 2.45) is 0 Å². The molecular formula is C11H8Br2ClNO. The van der Waals surface area contributed by atoms with Gasteiger partial charge in [0.2, 0.25) is 0 Å². The second-order valence-electron chi connectivity index (χ2n) is 3.29. The van der Waals surface area contributed by atoms with Gasteiger partial charge in [-0.25, -0.2) is 0 Å². The van der Waals surface area contributed by atoms with Gasteiger partial charge >= 0.3 is 0 Å². The first-order valence-corrected chi connectivity index (χ1v) is 6.72. The first-order chi connectivity index (χ1) is 7.68. The van der Waals surface area contributed by atoms with Gasteiger partial charge in [0, 0.05) is 22.8 Å². The Bertz CT molecular complexity index is 486. The van der Waals surface area contributed by atoms with E-state index in [1.54, 1.807) is 18.7 Å². The third-order valence-corrected chi connectivity index (χ3v) is 4.04. The van der Waals surface area contributed by atoms with E-state index in [1.807, 2.05) is 12.1 Å². The van der Waals surface area contributed by atoms with Crippen LogP contribution in [0.5, 0.6) is 0 Å². The van der Waals surface area contributed by atoms with Crippen molar-refractivity contribution in [3.63, 3.8) is 0 Å². The van der Waals surface area contributed by atoms with Crippen molar-refractivity contribution in [3.05, 3.63) is 51.6 Å². The van der Waals surface area contributed by atoms with E-state index in [0.717, 1.165) is 22.2 Å². The molecule has 0 aliphatic carbocycles. The van der Waals surface area contributed by atoms with E-state index in [2.05, 4.69) is 36.8 Å². The molecule has 0 spiro atoms. The van der Waals surface area contributed by atoms with Crippen molar-refractivity contribution >= 4 is 43.5 Å². The van der Waals surface area contributed by atoms with Crippen LogP contribution in [-0.2, 0) is 6.42 Å². The molecule has 0 aliphatic heterocycles. The van der Waals surface area contributed by atoms with E-state index in [4.69, 9.17) is 16.0 Å². The summed E-state index contributed by atoms with van der Waals surface area (Å²) < 4.78 is 5.94. The molecule has 2 nitrogen and oxygen atoms in total. The van der Waals surface area contributed by atoms with Gasteiger partial charge in [-0.05, 0) is 40.0 Å². The minimum absolute atomic E-state index is 0.167. The summed E-state index contributed by atoms with van der Waals surface area (Å²) in [5.41, 5.74) is 2.14. The molecule has 2 aromatic heterocycles. The molecule has 0 saturated carbocycles. The Morgan fingerprint density at radius 2 is 2.25 bits per heavy atom. The number of hydrogen-bond acceptors (Lipinski definition) is 2. The molecule has 0 saturated heterocycles. The molecular weight excluding hydrogens is 357 g/mol. The summed E-state index contributed by atoms with van der Waals surface area (Å²) in [6, 6.07) is 3.85. The van der Waals surface area contributed by atoms with E-state index in [1.165, 1.54) is 0 Å². The van der Waals surface area contributed by atoms with Crippen molar-refractivity contribution in [1.82, 2.24) is 4.98 Å². The SMILES string of the molecule is Clc1cnccc1CC(Br)c1ccoc1Br. The van der Waals surface area contributed by atoms with E-state index in [9.17, 15) is 0 Å². The second kappa shape index (κ2) is 5.34. The van der Waals surface area contributed by atoms with Crippen molar-refractivity contribution in [2.45, 2.75) is 11.2 Å². The smallest absolute Gasteiger partial charge is 0.173 e. The van der Waals surface area contributed by atoms with Crippen LogP contribution in [0.4, 0.5) is 0 Å². The molecule has 2 aromatic rings. The standard InChI is InChI=1S/C11H8Br2ClNO/c12-9(8-2-4-16-11(8)13)5-7-1-3-15-6-10(7)14/h1-4,6,9H,5H2. The number of halogens is 3. The van der Waals surface area contributed by atoms with E-state index >= 15 is 0 Å². The normalized spacial score (nSPS) is 12.7. The second-order valence-corrected chi connectivity index (χ2v) is 5.52. The van der Waals surface area contributed by atoms with E-state index < -0.39 is 0 Å². The number of pyridine rings is 1. The molecule has 0 bridgehead atoms. The molecule has 1 atom stereocenters. The zero-order chi connectivity index (χ0) is 11.5. The van der Waals surface area contributed by atoms with E-state index in [-0.39, 0.29) is 4.83 Å². The Morgan fingerprint density at radius 1 is 1.44 bits per heavy atom. The van der Waals surface area contributed by atoms with Gasteiger partial charge < -0.3 is 4.42 Å². The van der Waals surface area contributed by atoms with Crippen molar-refractivity contribution in [2.75, 3.05) is 0 Å². The van der Waals surface area contributed by atoms with Gasteiger partial charge in [0.25, 0.3) is 0 Å². The summed E-state index contributed by atoms with van der Waals surface area (Å²) in [6.07, 6.45) is 5.84. The van der Waals surface area contributed by atoms with Crippen LogP contribution in [0.1, 0.15) is 16.0 Å². The minimum Gasteiger partial charge on any atom is -0.457 e. The maximum absolute atomic E-state index is 6.05. The van der Waals surface area contributed by atoms with Gasteiger partial charge in [-0.3, -0.25) is 4.98 Å². The Balaban J connectivity index is 2.17. The van der Waals surface area contributed by atoms with Crippen LogP contribution in [0, 0.1) is 0 Å². The first kappa shape index (κ1) is 12.1. The number of aromatic nitrogens is 1. The fraction of sp³-hybridized carbons (Fsp3) is 0.182. The molecule has 16 heavy (non-hydrogen) atoms. The van der Waals surface area contributed by atoms with Gasteiger partial charge in [-0.2, -0.15) is 0 Å². The average molecular weight is 365 g/mol. The maximum atomic E-state index is 6.05. The van der Waals surface area contributed by atoms with Gasteiger partial charge in [0.1, 0.15) is 0 Å². The molecule has 2 rings (SSSR count). The Morgan fingerprint density at radius 3 is 2.88 bits per heavy atom. The lowest BCUT2D eigenvalue weighted by molar-refractivity contribution is 0.536. The van der Waals surface area contributed by atoms with Gasteiger partial charge in [-0.1, -0.05) is 27.5 Å². The van der Waals surface area contributed by atoms with Gasteiger partial charge in [0.15, 0.2) is 4.67 Å². The molecule has 2 heterocycles. The highest BCUT2D eigenvalue weighted by Gasteiger charge is 2.15. The molecule has 84 valence electrons. The first-order valence-electron chi connectivity index (χ1n) is 4.64. The van der Waals surface area contributed by atoms with Crippen molar-refractivity contribution in [3.8, 4) is 0 Å². The topological polar surface area (TPSA) is 26.0 Å². The fourth-order valence-corrected chi connectivity index (χ4v) is 3.13. The quantitative estimate of drug-likeness (QED) is 0.733. The Labute approximate surface area is 115 Å². The summed E-state index contributed by atoms with van der Waals surface area (Å²) in [4.78, 5) is 4.12. The monoisotopic (exact) mass is 363 g/mol. The lowest BCUT2D eigenvalue weighted by Crippen LogP contribution is -1.95. The Hall–Kier alpha value is -0.320. The molecule has 0 radical (unpaired) electrons. The summed E-state index contributed by atoms with van der Waals surface area (Å²) in [5.74, 6) is 0. The summed E-state index contributed by atoms with van der Waals surface area (Å²) in [6.45, 7) is 0. The summed E-state index contributed by atoms with van der Waals surface area (Å²) in [5, 5.41) is 0.687. The number of rotatable bonds is 3. The highest BCUT2D eigenvalue weighted by molar-refractivity contribution is 9.10. The van der Waals surface area contributed by atoms with Crippen LogP contribution in [-0.4, -0.2) is 4.98 Å². The number of alkyl halides is 1. The average Bonchev–Trinajstić information content (AvgIpc) is 2.68. The molecule has 0 amide bonds. The lowest BCUT2D eigenvalue weighted by atomic mass is 10.1. The van der Waals surface area contributed by atoms with Crippen LogP contribution < -0.4 is 0 Å². The van der Waals surface area contributed by atoms with Crippen LogP contribution in [0.2, 0.25) is 5.02 Å². The predicted octanol–water partition coefficient (Wildman–Crippen LogP) is 4.77. The van der Waals surface area contributed by atoms with Crippen LogP contribution in [0.25, 0.3) is 0 Å². The predicted molar refractivity (Wildman–Crippen MR) is 71.0 cm³/mol. The lowest BCUT2D eigenvalue weighted by Gasteiger charge is -2.09. The number of nitrogens with zero attached hydrogens (tertiary/aromatic N) is 1. The zero-order valence-corrected chi connectivity index (χ0v) is 12.1. The summed E-state index contributed by atoms with van der Waals surface area (Å²) >= 11 is 13.0. The zero-order valence-electron chi connectivity index (χ0n) is 8.16. The van der Waals surface area contributed by atoms with Gasteiger partial charge in [-0.15, -0.1) is 0 Å². The highest BCUT2D eigenvalue weighted by Crippen LogP contribution is 2.34. The van der Waals surface area contributed by atoms with Crippen molar-refractivity contribution < 1.29 is 4.42 Å². The largest absolute Gasteiger partial charge is 0.457 e. The molecule has 0 fully saturated rings. The van der Waals surface area contributed by atoms with Crippen molar-refractivity contribution in [1.29, 1.82) is 0 Å². The Kier molecular flexibility index (Phi) is 4.05. The van der Waals surface area contributed by atoms with Crippen LogP contribution >= 0.6 is 43.5 Å². The number of hydrogen-bond donors (Lipinski definition) is 0. The molecule has 1 unspecified atom stereocenters. The third kappa shape index (κ3) is 2.67. The minimum atomic E-state index is 0.167. The van der Waals surface area contributed by atoms with Gasteiger partial charge in [0.05, 0.1) is 11.3 Å². The highest BCUT2D eigenvalue weighted by atomic mass is 79.9. The fourth-order valence-electron chi connectivity index (χ4n) is 1.40. The summed E-state index contributed by atoms with van der Waals surface area (Å²) in [7, 11) is 0.